The first-order chi connectivity index (χ1) is 11.0. The molecule has 24 heavy (non-hydrogen) atoms. The third kappa shape index (κ3) is 5.72. The van der Waals surface area contributed by atoms with E-state index in [4.69, 9.17) is 4.43 Å². The lowest BCUT2D eigenvalue weighted by Crippen LogP contribution is -2.43. The molecule has 2 N–H and O–H groups in total. The fraction of sp³-hybridized carbons (Fsp3) is 0.632. The zero-order valence-corrected chi connectivity index (χ0v) is 17.1. The molecule has 0 bridgehead atoms. The maximum Gasteiger partial charge on any atom is 0.253 e. The molecule has 5 heteroatoms. The van der Waals surface area contributed by atoms with Crippen molar-refractivity contribution in [2.45, 2.75) is 64.8 Å². The zero-order chi connectivity index (χ0) is 18.5. The van der Waals surface area contributed by atoms with E-state index in [0.29, 0.717) is 24.6 Å². The highest BCUT2D eigenvalue weighted by molar-refractivity contribution is 6.74. The molecule has 1 amide bonds. The van der Waals surface area contributed by atoms with Crippen LogP contribution >= 0.6 is 0 Å². The fourth-order valence-corrected chi connectivity index (χ4v) is 3.05. The average molecular weight is 352 g/mol. The summed E-state index contributed by atoms with van der Waals surface area (Å²) in [6, 6.07) is 7.53. The summed E-state index contributed by atoms with van der Waals surface area (Å²) < 4.78 is 6.01. The van der Waals surface area contributed by atoms with E-state index in [2.05, 4.69) is 53.0 Å². The van der Waals surface area contributed by atoms with Gasteiger partial charge >= 0.3 is 0 Å². The third-order valence-corrected chi connectivity index (χ3v) is 9.38. The van der Waals surface area contributed by atoms with E-state index in [0.717, 1.165) is 0 Å². The standard InChI is InChI=1S/C19H33NO3Si/c1-14(2)15-8-10-16(11-9-15)17(21)18(22)20-12-13-23-24(6,7)19(3,4)5/h8-11,14,17,21H,12-13H2,1-7H3,(H,20,22). The molecule has 0 aliphatic heterocycles. The molecule has 1 rings (SSSR count). The molecular weight excluding hydrogens is 318 g/mol. The van der Waals surface area contributed by atoms with Gasteiger partial charge in [-0.05, 0) is 35.2 Å². The molecule has 0 aliphatic rings. The highest BCUT2D eigenvalue weighted by Gasteiger charge is 2.36. The number of hydrogen-bond donors (Lipinski definition) is 2. The number of nitrogens with one attached hydrogen (secondary N) is 1. The fourth-order valence-electron chi connectivity index (χ4n) is 2.01. The Morgan fingerprint density at radius 1 is 1.17 bits per heavy atom. The quantitative estimate of drug-likeness (QED) is 0.577. The number of amides is 1. The monoisotopic (exact) mass is 351 g/mol. The molecular formula is C19H33NO3Si. The van der Waals surface area contributed by atoms with Crippen molar-refractivity contribution in [3.8, 4) is 0 Å². The highest BCUT2D eigenvalue weighted by Crippen LogP contribution is 2.36. The zero-order valence-electron chi connectivity index (χ0n) is 16.1. The first-order valence-corrected chi connectivity index (χ1v) is 11.6. The Morgan fingerprint density at radius 3 is 2.12 bits per heavy atom. The van der Waals surface area contributed by atoms with E-state index in [1.807, 2.05) is 24.3 Å². The van der Waals surface area contributed by atoms with Gasteiger partial charge < -0.3 is 14.8 Å². The van der Waals surface area contributed by atoms with Gasteiger partial charge in [0.05, 0.1) is 6.61 Å². The number of carbonyl (C=O) groups is 1. The van der Waals surface area contributed by atoms with Crippen molar-refractivity contribution < 1.29 is 14.3 Å². The van der Waals surface area contributed by atoms with E-state index in [9.17, 15) is 9.90 Å². The Morgan fingerprint density at radius 2 is 1.67 bits per heavy atom. The molecule has 0 saturated heterocycles. The summed E-state index contributed by atoms with van der Waals surface area (Å²) >= 11 is 0. The molecule has 0 aliphatic carbocycles. The van der Waals surface area contributed by atoms with Gasteiger partial charge in [0.2, 0.25) is 0 Å². The van der Waals surface area contributed by atoms with Crippen LogP contribution in [0.3, 0.4) is 0 Å². The molecule has 1 aromatic carbocycles. The number of benzene rings is 1. The number of rotatable bonds is 7. The van der Waals surface area contributed by atoms with E-state index >= 15 is 0 Å². The molecule has 136 valence electrons. The van der Waals surface area contributed by atoms with Crippen molar-refractivity contribution in [1.29, 1.82) is 0 Å². The Bertz CT molecular complexity index is 533. The molecule has 0 heterocycles. The molecule has 1 atom stereocenters. The van der Waals surface area contributed by atoms with Crippen LogP contribution in [0.15, 0.2) is 24.3 Å². The maximum atomic E-state index is 12.1. The summed E-state index contributed by atoms with van der Waals surface area (Å²) in [5, 5.41) is 13.1. The summed E-state index contributed by atoms with van der Waals surface area (Å²) in [6.45, 7) is 16.0. The van der Waals surface area contributed by atoms with Crippen LogP contribution in [0.1, 0.15) is 57.8 Å². The molecule has 1 unspecified atom stereocenters. The number of hydrogen-bond acceptors (Lipinski definition) is 3. The SMILES string of the molecule is CC(C)c1ccc(C(O)C(=O)NCCO[Si](C)(C)C(C)(C)C)cc1. The lowest BCUT2D eigenvalue weighted by molar-refractivity contribution is -0.129. The van der Waals surface area contributed by atoms with Gasteiger partial charge in [-0.2, -0.15) is 0 Å². The topological polar surface area (TPSA) is 58.6 Å². The minimum Gasteiger partial charge on any atom is -0.415 e. The molecule has 0 fully saturated rings. The second-order valence-electron chi connectivity index (χ2n) is 8.12. The summed E-state index contributed by atoms with van der Waals surface area (Å²) in [6.07, 6.45) is -1.14. The predicted octanol–water partition coefficient (Wildman–Crippen LogP) is 3.98. The van der Waals surface area contributed by atoms with Crippen LogP contribution < -0.4 is 5.32 Å². The van der Waals surface area contributed by atoms with Gasteiger partial charge in [0, 0.05) is 6.54 Å². The smallest absolute Gasteiger partial charge is 0.253 e. The van der Waals surface area contributed by atoms with E-state index < -0.39 is 14.4 Å². The van der Waals surface area contributed by atoms with Crippen LogP contribution in [-0.2, 0) is 9.22 Å². The van der Waals surface area contributed by atoms with E-state index in [1.165, 1.54) is 5.56 Å². The Balaban J connectivity index is 2.48. The van der Waals surface area contributed by atoms with Crippen LogP contribution in [-0.4, -0.2) is 32.5 Å². The third-order valence-electron chi connectivity index (χ3n) is 4.84. The number of aliphatic hydroxyl groups is 1. The summed E-state index contributed by atoms with van der Waals surface area (Å²) in [7, 11) is -1.80. The van der Waals surface area contributed by atoms with Gasteiger partial charge in [-0.1, -0.05) is 58.9 Å². The minimum absolute atomic E-state index is 0.148. The van der Waals surface area contributed by atoms with Crippen molar-refractivity contribution >= 4 is 14.2 Å². The number of aliphatic hydroxyl groups excluding tert-OH is 1. The molecule has 4 nitrogen and oxygen atoms in total. The molecule has 0 saturated carbocycles. The lowest BCUT2D eigenvalue weighted by Gasteiger charge is -2.36. The van der Waals surface area contributed by atoms with Crippen molar-refractivity contribution in [2.75, 3.05) is 13.2 Å². The van der Waals surface area contributed by atoms with Gasteiger partial charge in [0.1, 0.15) is 0 Å². The predicted molar refractivity (Wildman–Crippen MR) is 102 cm³/mol. The highest BCUT2D eigenvalue weighted by atomic mass is 28.4. The summed E-state index contributed by atoms with van der Waals surface area (Å²) in [5.41, 5.74) is 1.80. The first kappa shape index (κ1) is 20.9. The van der Waals surface area contributed by atoms with Crippen LogP contribution in [0.25, 0.3) is 0 Å². The average Bonchev–Trinajstić information content (AvgIpc) is 2.49. The first-order valence-electron chi connectivity index (χ1n) is 8.65. The largest absolute Gasteiger partial charge is 0.415 e. The van der Waals surface area contributed by atoms with Crippen molar-refractivity contribution in [2.24, 2.45) is 0 Å². The van der Waals surface area contributed by atoms with Gasteiger partial charge in [-0.25, -0.2) is 0 Å². The molecule has 1 aromatic rings. The van der Waals surface area contributed by atoms with E-state index in [-0.39, 0.29) is 10.9 Å². The van der Waals surface area contributed by atoms with Crippen LogP contribution in [0.2, 0.25) is 18.1 Å². The Kier molecular flexibility index (Phi) is 7.20. The second-order valence-corrected chi connectivity index (χ2v) is 12.9. The molecule has 0 aromatic heterocycles. The van der Waals surface area contributed by atoms with Crippen molar-refractivity contribution in [1.82, 2.24) is 5.32 Å². The normalized spacial score (nSPS) is 13.9. The summed E-state index contributed by atoms with van der Waals surface area (Å²) in [4.78, 5) is 12.1. The van der Waals surface area contributed by atoms with Gasteiger partial charge in [-0.3, -0.25) is 4.79 Å². The maximum absolute atomic E-state index is 12.1. The van der Waals surface area contributed by atoms with Gasteiger partial charge in [0.25, 0.3) is 5.91 Å². The molecule has 0 spiro atoms. The second kappa shape index (κ2) is 8.27. The van der Waals surface area contributed by atoms with Crippen LogP contribution in [0, 0.1) is 0 Å². The lowest BCUT2D eigenvalue weighted by atomic mass is 10.00. The van der Waals surface area contributed by atoms with Gasteiger partial charge in [0.15, 0.2) is 14.4 Å². The Hall–Kier alpha value is -1.17. The Labute approximate surface area is 147 Å². The minimum atomic E-state index is -1.80. The summed E-state index contributed by atoms with van der Waals surface area (Å²) in [5.74, 6) is 0.0450. The van der Waals surface area contributed by atoms with Crippen molar-refractivity contribution in [3.63, 3.8) is 0 Å². The van der Waals surface area contributed by atoms with E-state index in [1.54, 1.807) is 0 Å². The van der Waals surface area contributed by atoms with Crippen LogP contribution in [0.4, 0.5) is 0 Å². The van der Waals surface area contributed by atoms with Crippen LogP contribution in [0.5, 0.6) is 0 Å². The molecule has 0 radical (unpaired) electrons. The van der Waals surface area contributed by atoms with Gasteiger partial charge in [-0.15, -0.1) is 0 Å². The number of carbonyl (C=O) groups excluding carboxylic acids is 1. The van der Waals surface area contributed by atoms with Crippen molar-refractivity contribution in [3.05, 3.63) is 35.4 Å².